The summed E-state index contributed by atoms with van der Waals surface area (Å²) in [6.45, 7) is 3.35. The molecule has 4 nitrogen and oxygen atoms in total. The molecular formula is C7H14N2O2. The lowest BCUT2D eigenvalue weighted by atomic mass is 10.2. The summed E-state index contributed by atoms with van der Waals surface area (Å²) in [6.07, 6.45) is 2.30. The van der Waals surface area contributed by atoms with Crippen LogP contribution in [0.25, 0.3) is 0 Å². The smallest absolute Gasteiger partial charge is 0.238 e. The van der Waals surface area contributed by atoms with E-state index in [1.165, 1.54) is 6.92 Å². The molecule has 0 saturated carbocycles. The molecule has 0 aliphatic carbocycles. The SMILES string of the molecule is CCCCC(=O)NNC(C)=O. The lowest BCUT2D eigenvalue weighted by Crippen LogP contribution is -2.40. The van der Waals surface area contributed by atoms with Gasteiger partial charge in [0.05, 0.1) is 0 Å². The highest BCUT2D eigenvalue weighted by Crippen LogP contribution is 1.91. The van der Waals surface area contributed by atoms with E-state index in [2.05, 4.69) is 10.9 Å². The van der Waals surface area contributed by atoms with Gasteiger partial charge in [-0.3, -0.25) is 20.4 Å². The Morgan fingerprint density at radius 3 is 2.36 bits per heavy atom. The molecular weight excluding hydrogens is 144 g/mol. The van der Waals surface area contributed by atoms with Crippen LogP contribution in [0.4, 0.5) is 0 Å². The van der Waals surface area contributed by atoms with E-state index in [9.17, 15) is 9.59 Å². The molecule has 0 aliphatic rings. The van der Waals surface area contributed by atoms with Gasteiger partial charge in [0.15, 0.2) is 0 Å². The molecule has 4 heteroatoms. The van der Waals surface area contributed by atoms with Crippen molar-refractivity contribution in [2.24, 2.45) is 0 Å². The second-order valence-corrected chi connectivity index (χ2v) is 2.33. The van der Waals surface area contributed by atoms with Crippen LogP contribution in [0.15, 0.2) is 0 Å². The van der Waals surface area contributed by atoms with Gasteiger partial charge in [0, 0.05) is 13.3 Å². The van der Waals surface area contributed by atoms with E-state index >= 15 is 0 Å². The lowest BCUT2D eigenvalue weighted by Gasteiger charge is -2.02. The number of nitrogens with one attached hydrogen (secondary N) is 2. The summed E-state index contributed by atoms with van der Waals surface area (Å²) in [6, 6.07) is 0. The Labute approximate surface area is 66.3 Å². The Morgan fingerprint density at radius 1 is 1.27 bits per heavy atom. The molecule has 0 rings (SSSR count). The number of hydrazine groups is 1. The van der Waals surface area contributed by atoms with Gasteiger partial charge >= 0.3 is 0 Å². The number of amides is 2. The topological polar surface area (TPSA) is 58.2 Å². The second kappa shape index (κ2) is 5.70. The van der Waals surface area contributed by atoms with E-state index in [-0.39, 0.29) is 11.8 Å². The molecule has 0 aromatic heterocycles. The molecule has 0 saturated heterocycles. The maximum atomic E-state index is 10.8. The number of hydrogen-bond acceptors (Lipinski definition) is 2. The zero-order chi connectivity index (χ0) is 8.69. The third-order valence-corrected chi connectivity index (χ3v) is 1.14. The first kappa shape index (κ1) is 9.94. The third-order valence-electron chi connectivity index (χ3n) is 1.14. The average molecular weight is 158 g/mol. The predicted molar refractivity (Wildman–Crippen MR) is 41.5 cm³/mol. The fourth-order valence-corrected chi connectivity index (χ4v) is 0.558. The molecule has 0 atom stereocenters. The summed E-state index contributed by atoms with van der Waals surface area (Å²) in [7, 11) is 0. The highest BCUT2D eigenvalue weighted by Gasteiger charge is 1.98. The van der Waals surface area contributed by atoms with Crippen molar-refractivity contribution >= 4 is 11.8 Å². The zero-order valence-corrected chi connectivity index (χ0v) is 6.94. The van der Waals surface area contributed by atoms with Crippen molar-refractivity contribution in [1.29, 1.82) is 0 Å². The van der Waals surface area contributed by atoms with Gasteiger partial charge in [-0.1, -0.05) is 13.3 Å². The van der Waals surface area contributed by atoms with Crippen molar-refractivity contribution in [3.05, 3.63) is 0 Å². The summed E-state index contributed by atoms with van der Waals surface area (Å²) in [5.41, 5.74) is 4.49. The van der Waals surface area contributed by atoms with Crippen molar-refractivity contribution in [1.82, 2.24) is 10.9 Å². The van der Waals surface area contributed by atoms with Gasteiger partial charge in [-0.05, 0) is 6.42 Å². The molecule has 0 heterocycles. The lowest BCUT2D eigenvalue weighted by molar-refractivity contribution is -0.127. The van der Waals surface area contributed by atoms with E-state index < -0.39 is 0 Å². The van der Waals surface area contributed by atoms with Gasteiger partial charge in [0.2, 0.25) is 11.8 Å². The summed E-state index contributed by atoms with van der Waals surface area (Å²) in [4.78, 5) is 21.1. The molecule has 0 fully saturated rings. The maximum absolute atomic E-state index is 10.8. The molecule has 2 N–H and O–H groups in total. The molecule has 11 heavy (non-hydrogen) atoms. The Kier molecular flexibility index (Phi) is 5.15. The van der Waals surface area contributed by atoms with E-state index in [0.29, 0.717) is 6.42 Å². The maximum Gasteiger partial charge on any atom is 0.238 e. The predicted octanol–water partition coefficient (Wildman–Crippen LogP) is 0.344. The van der Waals surface area contributed by atoms with E-state index in [0.717, 1.165) is 12.8 Å². The average Bonchev–Trinajstić information content (AvgIpc) is 1.97. The van der Waals surface area contributed by atoms with Gasteiger partial charge < -0.3 is 0 Å². The number of hydrogen-bond donors (Lipinski definition) is 2. The van der Waals surface area contributed by atoms with Crippen molar-refractivity contribution < 1.29 is 9.59 Å². The summed E-state index contributed by atoms with van der Waals surface area (Å²) in [5, 5.41) is 0. The first-order valence-electron chi connectivity index (χ1n) is 3.72. The van der Waals surface area contributed by atoms with Crippen LogP contribution in [0.1, 0.15) is 33.1 Å². The second-order valence-electron chi connectivity index (χ2n) is 2.33. The quantitative estimate of drug-likeness (QED) is 0.582. The minimum atomic E-state index is -0.255. The van der Waals surface area contributed by atoms with Crippen molar-refractivity contribution in [2.75, 3.05) is 0 Å². The highest BCUT2D eigenvalue weighted by atomic mass is 16.2. The fraction of sp³-hybridized carbons (Fsp3) is 0.714. The molecule has 64 valence electrons. The minimum Gasteiger partial charge on any atom is -0.274 e. The zero-order valence-electron chi connectivity index (χ0n) is 6.94. The van der Waals surface area contributed by atoms with Crippen LogP contribution in [0.2, 0.25) is 0 Å². The first-order chi connectivity index (χ1) is 5.16. The van der Waals surface area contributed by atoms with Crippen LogP contribution in [0.3, 0.4) is 0 Å². The van der Waals surface area contributed by atoms with Crippen LogP contribution < -0.4 is 10.9 Å². The van der Waals surface area contributed by atoms with E-state index in [1.807, 2.05) is 6.92 Å². The minimum absolute atomic E-state index is 0.137. The Balaban J connectivity index is 3.30. The van der Waals surface area contributed by atoms with Gasteiger partial charge in [0.25, 0.3) is 0 Å². The van der Waals surface area contributed by atoms with Crippen LogP contribution in [-0.4, -0.2) is 11.8 Å². The molecule has 2 amide bonds. The van der Waals surface area contributed by atoms with Gasteiger partial charge in [-0.25, -0.2) is 0 Å². The number of unbranched alkanes of at least 4 members (excludes halogenated alkanes) is 1. The largest absolute Gasteiger partial charge is 0.274 e. The normalized spacial score (nSPS) is 8.91. The highest BCUT2D eigenvalue weighted by molar-refractivity contribution is 5.80. The molecule has 0 aliphatic heterocycles. The summed E-state index contributed by atoms with van der Waals surface area (Å²) in [5.74, 6) is -0.392. The third kappa shape index (κ3) is 6.83. The standard InChI is InChI=1S/C7H14N2O2/c1-3-4-5-7(11)9-8-6(2)10/h3-5H2,1-2H3,(H,8,10)(H,9,11). The number of carbonyl (C=O) groups is 2. The monoisotopic (exact) mass is 158 g/mol. The molecule has 0 unspecified atom stereocenters. The van der Waals surface area contributed by atoms with Crippen LogP contribution >= 0.6 is 0 Å². The Bertz CT molecular complexity index is 145. The molecule has 0 bridgehead atoms. The van der Waals surface area contributed by atoms with E-state index in [4.69, 9.17) is 0 Å². The van der Waals surface area contributed by atoms with Crippen molar-refractivity contribution in [2.45, 2.75) is 33.1 Å². The molecule has 0 spiro atoms. The van der Waals surface area contributed by atoms with Gasteiger partial charge in [-0.15, -0.1) is 0 Å². The van der Waals surface area contributed by atoms with Crippen LogP contribution in [0.5, 0.6) is 0 Å². The fourth-order valence-electron chi connectivity index (χ4n) is 0.558. The number of rotatable bonds is 3. The van der Waals surface area contributed by atoms with Crippen LogP contribution in [0, 0.1) is 0 Å². The van der Waals surface area contributed by atoms with Crippen LogP contribution in [-0.2, 0) is 9.59 Å². The van der Waals surface area contributed by atoms with Gasteiger partial charge in [-0.2, -0.15) is 0 Å². The van der Waals surface area contributed by atoms with E-state index in [1.54, 1.807) is 0 Å². The number of carbonyl (C=O) groups excluding carboxylic acids is 2. The van der Waals surface area contributed by atoms with Crippen molar-refractivity contribution in [3.8, 4) is 0 Å². The molecule has 0 aromatic rings. The van der Waals surface area contributed by atoms with Crippen molar-refractivity contribution in [3.63, 3.8) is 0 Å². The molecule has 0 aromatic carbocycles. The first-order valence-corrected chi connectivity index (χ1v) is 3.72. The Hall–Kier alpha value is -1.06. The van der Waals surface area contributed by atoms with Gasteiger partial charge in [0.1, 0.15) is 0 Å². The molecule has 0 radical (unpaired) electrons. The Morgan fingerprint density at radius 2 is 1.91 bits per heavy atom. The summed E-state index contributed by atoms with van der Waals surface area (Å²) >= 11 is 0. The summed E-state index contributed by atoms with van der Waals surface area (Å²) < 4.78 is 0.